The Labute approximate surface area is 170 Å². The number of likely N-dealkylation sites (tertiary alicyclic amines) is 1. The van der Waals surface area contributed by atoms with Crippen LogP contribution in [0.1, 0.15) is 49.0 Å². The maximum absolute atomic E-state index is 12.8. The molecule has 1 atom stereocenters. The van der Waals surface area contributed by atoms with E-state index in [9.17, 15) is 9.59 Å². The van der Waals surface area contributed by atoms with E-state index in [0.29, 0.717) is 19.7 Å². The third kappa shape index (κ3) is 4.50. The predicted octanol–water partition coefficient (Wildman–Crippen LogP) is 2.45. The maximum atomic E-state index is 12.8. The number of aromatic nitrogens is 3. The summed E-state index contributed by atoms with van der Waals surface area (Å²) < 4.78 is 8.50. The minimum absolute atomic E-state index is 0.0117. The van der Waals surface area contributed by atoms with Gasteiger partial charge in [-0.1, -0.05) is 30.3 Å². The number of amides is 1. The number of piperidine rings is 1. The smallest absolute Gasteiger partial charge is 0.346 e. The molecule has 0 N–H and O–H groups in total. The summed E-state index contributed by atoms with van der Waals surface area (Å²) in [6, 6.07) is 10.1. The molecule has 29 heavy (non-hydrogen) atoms. The van der Waals surface area contributed by atoms with Crippen molar-refractivity contribution >= 4 is 12.0 Å². The summed E-state index contributed by atoms with van der Waals surface area (Å²) in [4.78, 5) is 27.4. The SMILES string of the molecule is COCCn1nc(C2CCCN(C(=O)/C=C/c3ccccc3)C2)n(C2CC2)c1=O. The molecule has 1 unspecified atom stereocenters. The number of benzene rings is 1. The summed E-state index contributed by atoms with van der Waals surface area (Å²) >= 11 is 0. The topological polar surface area (TPSA) is 69.4 Å². The van der Waals surface area contributed by atoms with Gasteiger partial charge < -0.3 is 9.64 Å². The van der Waals surface area contributed by atoms with Gasteiger partial charge in [-0.05, 0) is 37.3 Å². The molecule has 1 aliphatic carbocycles. The Morgan fingerprint density at radius 3 is 2.76 bits per heavy atom. The molecule has 1 aromatic carbocycles. The molecule has 1 aromatic heterocycles. The minimum Gasteiger partial charge on any atom is -0.383 e. The van der Waals surface area contributed by atoms with E-state index in [1.807, 2.05) is 45.9 Å². The van der Waals surface area contributed by atoms with E-state index in [-0.39, 0.29) is 23.6 Å². The van der Waals surface area contributed by atoms with Gasteiger partial charge in [0.2, 0.25) is 5.91 Å². The van der Waals surface area contributed by atoms with Gasteiger partial charge in [0.1, 0.15) is 5.82 Å². The number of hydrogen-bond donors (Lipinski definition) is 0. The molecule has 2 fully saturated rings. The summed E-state index contributed by atoms with van der Waals surface area (Å²) in [6.45, 7) is 2.26. The molecule has 2 aliphatic rings. The lowest BCUT2D eigenvalue weighted by Crippen LogP contribution is -2.39. The molecule has 1 aliphatic heterocycles. The van der Waals surface area contributed by atoms with Crippen molar-refractivity contribution < 1.29 is 9.53 Å². The average molecular weight is 396 g/mol. The Morgan fingerprint density at radius 1 is 1.24 bits per heavy atom. The fourth-order valence-electron chi connectivity index (χ4n) is 3.94. The Morgan fingerprint density at radius 2 is 2.03 bits per heavy atom. The molecule has 7 heteroatoms. The lowest BCUT2D eigenvalue weighted by molar-refractivity contribution is -0.127. The Kier molecular flexibility index (Phi) is 5.94. The van der Waals surface area contributed by atoms with Gasteiger partial charge >= 0.3 is 5.69 Å². The van der Waals surface area contributed by atoms with Gasteiger partial charge in [0, 0.05) is 38.2 Å². The first-order chi connectivity index (χ1) is 14.2. The van der Waals surface area contributed by atoms with Crippen LogP contribution in [-0.2, 0) is 16.1 Å². The van der Waals surface area contributed by atoms with E-state index >= 15 is 0 Å². The molecule has 2 aromatic rings. The van der Waals surface area contributed by atoms with Crippen molar-refractivity contribution in [2.45, 2.75) is 44.2 Å². The number of hydrogen-bond acceptors (Lipinski definition) is 4. The number of nitrogens with zero attached hydrogens (tertiary/aromatic N) is 4. The molecular weight excluding hydrogens is 368 g/mol. The molecular formula is C22H28N4O3. The normalized spacial score (nSPS) is 19.8. The lowest BCUT2D eigenvalue weighted by Gasteiger charge is -2.31. The number of carbonyl (C=O) groups is 1. The van der Waals surface area contributed by atoms with Gasteiger partial charge in [0.15, 0.2) is 0 Å². The van der Waals surface area contributed by atoms with Crippen molar-refractivity contribution in [3.63, 3.8) is 0 Å². The minimum atomic E-state index is -0.0491. The largest absolute Gasteiger partial charge is 0.383 e. The highest BCUT2D eigenvalue weighted by molar-refractivity contribution is 5.91. The van der Waals surface area contributed by atoms with Crippen molar-refractivity contribution in [2.24, 2.45) is 0 Å². The van der Waals surface area contributed by atoms with Crippen LogP contribution in [0, 0.1) is 0 Å². The van der Waals surface area contributed by atoms with Gasteiger partial charge in [-0.25, -0.2) is 9.48 Å². The standard InChI is InChI=1S/C22H28N4O3/c1-29-15-14-25-22(28)26(19-10-11-19)21(23-25)18-8-5-13-24(16-18)20(27)12-9-17-6-3-2-4-7-17/h2-4,6-7,9,12,18-19H,5,8,10-11,13-16H2,1H3/b12-9+. The van der Waals surface area contributed by atoms with Crippen molar-refractivity contribution in [1.82, 2.24) is 19.2 Å². The molecule has 0 bridgehead atoms. The second-order valence-corrected chi connectivity index (χ2v) is 7.83. The van der Waals surface area contributed by atoms with Gasteiger partial charge in [-0.3, -0.25) is 9.36 Å². The molecule has 7 nitrogen and oxygen atoms in total. The summed E-state index contributed by atoms with van der Waals surface area (Å²) in [6.07, 6.45) is 7.41. The van der Waals surface area contributed by atoms with Crippen molar-refractivity contribution in [3.05, 3.63) is 58.3 Å². The Bertz CT molecular complexity index is 927. The molecule has 154 valence electrons. The quantitative estimate of drug-likeness (QED) is 0.674. The molecule has 1 amide bonds. The molecule has 1 saturated heterocycles. The first-order valence-electron chi connectivity index (χ1n) is 10.4. The summed E-state index contributed by atoms with van der Waals surface area (Å²) in [7, 11) is 1.62. The van der Waals surface area contributed by atoms with Crippen LogP contribution in [0.25, 0.3) is 6.08 Å². The molecule has 0 radical (unpaired) electrons. The Balaban J connectivity index is 1.50. The number of carbonyl (C=O) groups excluding carboxylic acids is 1. The predicted molar refractivity (Wildman–Crippen MR) is 111 cm³/mol. The molecule has 4 rings (SSSR count). The van der Waals surface area contributed by atoms with Crippen LogP contribution in [0.3, 0.4) is 0 Å². The third-order valence-corrected chi connectivity index (χ3v) is 5.63. The lowest BCUT2D eigenvalue weighted by atomic mass is 9.97. The monoisotopic (exact) mass is 396 g/mol. The van der Waals surface area contributed by atoms with Crippen LogP contribution >= 0.6 is 0 Å². The summed E-state index contributed by atoms with van der Waals surface area (Å²) in [5.74, 6) is 0.936. The van der Waals surface area contributed by atoms with Crippen LogP contribution in [0.2, 0.25) is 0 Å². The van der Waals surface area contributed by atoms with Crippen LogP contribution in [0.5, 0.6) is 0 Å². The van der Waals surface area contributed by atoms with Gasteiger partial charge in [0.25, 0.3) is 0 Å². The fourth-order valence-corrected chi connectivity index (χ4v) is 3.94. The average Bonchev–Trinajstić information content (AvgIpc) is 3.54. The van der Waals surface area contributed by atoms with Crippen LogP contribution < -0.4 is 5.69 Å². The third-order valence-electron chi connectivity index (χ3n) is 5.63. The fraction of sp³-hybridized carbons (Fsp3) is 0.500. The van der Waals surface area contributed by atoms with Gasteiger partial charge in [-0.2, -0.15) is 5.10 Å². The zero-order valence-corrected chi connectivity index (χ0v) is 16.9. The van der Waals surface area contributed by atoms with Crippen LogP contribution in [0.15, 0.2) is 41.2 Å². The van der Waals surface area contributed by atoms with E-state index < -0.39 is 0 Å². The van der Waals surface area contributed by atoms with Crippen molar-refractivity contribution in [3.8, 4) is 0 Å². The second-order valence-electron chi connectivity index (χ2n) is 7.83. The van der Waals surface area contributed by atoms with Crippen LogP contribution in [-0.4, -0.2) is 52.0 Å². The van der Waals surface area contributed by atoms with Crippen molar-refractivity contribution in [1.29, 1.82) is 0 Å². The van der Waals surface area contributed by atoms with Crippen LogP contribution in [0.4, 0.5) is 0 Å². The highest BCUT2D eigenvalue weighted by Crippen LogP contribution is 2.37. The maximum Gasteiger partial charge on any atom is 0.346 e. The highest BCUT2D eigenvalue weighted by atomic mass is 16.5. The summed E-state index contributed by atoms with van der Waals surface area (Å²) in [5, 5.41) is 4.65. The van der Waals surface area contributed by atoms with Gasteiger partial charge in [0.05, 0.1) is 13.2 Å². The Hall–Kier alpha value is -2.67. The number of ether oxygens (including phenoxy) is 1. The zero-order chi connectivity index (χ0) is 20.2. The first-order valence-corrected chi connectivity index (χ1v) is 10.4. The van der Waals surface area contributed by atoms with Gasteiger partial charge in [-0.15, -0.1) is 0 Å². The molecule has 2 heterocycles. The zero-order valence-electron chi connectivity index (χ0n) is 16.9. The van der Waals surface area contributed by atoms with E-state index in [1.54, 1.807) is 13.2 Å². The highest BCUT2D eigenvalue weighted by Gasteiger charge is 2.34. The molecule has 1 saturated carbocycles. The summed E-state index contributed by atoms with van der Waals surface area (Å²) in [5.41, 5.74) is 0.959. The van der Waals surface area contributed by atoms with E-state index in [1.165, 1.54) is 4.68 Å². The second kappa shape index (κ2) is 8.78. The van der Waals surface area contributed by atoms with E-state index in [0.717, 1.165) is 43.6 Å². The van der Waals surface area contributed by atoms with E-state index in [2.05, 4.69) is 5.10 Å². The number of methoxy groups -OCH3 is 1. The number of rotatable bonds is 7. The first kappa shape index (κ1) is 19.6. The molecule has 0 spiro atoms. The van der Waals surface area contributed by atoms with Crippen molar-refractivity contribution in [2.75, 3.05) is 26.8 Å². The van der Waals surface area contributed by atoms with E-state index in [4.69, 9.17) is 4.74 Å².